The Hall–Kier alpha value is -1.31. The summed E-state index contributed by atoms with van der Waals surface area (Å²) in [6.45, 7) is 1.79. The van der Waals surface area contributed by atoms with E-state index >= 15 is 0 Å². The minimum Gasteiger partial charge on any atom is -0.494 e. The third kappa shape index (κ3) is 3.37. The van der Waals surface area contributed by atoms with E-state index in [9.17, 15) is 8.42 Å². The molecule has 0 unspecified atom stereocenters. The summed E-state index contributed by atoms with van der Waals surface area (Å²) >= 11 is 1.13. The average Bonchev–Trinajstić information content (AvgIpc) is 2.97. The van der Waals surface area contributed by atoms with Crippen molar-refractivity contribution in [3.63, 3.8) is 0 Å². The van der Waals surface area contributed by atoms with Crippen molar-refractivity contribution in [1.29, 1.82) is 0 Å². The van der Waals surface area contributed by atoms with Crippen LogP contribution in [0.3, 0.4) is 0 Å². The van der Waals surface area contributed by atoms with E-state index in [1.165, 1.54) is 7.11 Å². The number of hydrogen-bond donors (Lipinski definition) is 1. The van der Waals surface area contributed by atoms with Crippen molar-refractivity contribution in [2.45, 2.75) is 23.6 Å². The maximum atomic E-state index is 12.2. The van der Waals surface area contributed by atoms with Crippen molar-refractivity contribution in [1.82, 2.24) is 4.72 Å². The van der Waals surface area contributed by atoms with E-state index in [0.29, 0.717) is 12.2 Å². The maximum Gasteiger partial charge on any atom is 0.254 e. The van der Waals surface area contributed by atoms with Crippen LogP contribution in [0.2, 0.25) is 0 Å². The van der Waals surface area contributed by atoms with Crippen LogP contribution in [-0.2, 0) is 16.4 Å². The van der Waals surface area contributed by atoms with Gasteiger partial charge in [0.25, 0.3) is 10.0 Å². The van der Waals surface area contributed by atoms with Crippen LogP contribution in [0.5, 0.6) is 5.75 Å². The maximum absolute atomic E-state index is 12.2. The zero-order valence-electron chi connectivity index (χ0n) is 10.6. The van der Waals surface area contributed by atoms with Gasteiger partial charge in [0, 0.05) is 12.5 Å². The zero-order valence-corrected chi connectivity index (χ0v) is 12.3. The van der Waals surface area contributed by atoms with Crippen LogP contribution in [0.1, 0.15) is 12.7 Å². The molecule has 2 rings (SSSR count). The normalized spacial score (nSPS) is 13.4. The number of methoxy groups -OCH3 is 1. The molecule has 0 bridgehead atoms. The molecule has 0 aliphatic rings. The Morgan fingerprint density at radius 3 is 2.89 bits per heavy atom. The summed E-state index contributed by atoms with van der Waals surface area (Å²) in [6.07, 6.45) is 2.07. The van der Waals surface area contributed by atoms with Gasteiger partial charge >= 0.3 is 0 Å². The second-order valence-electron chi connectivity index (χ2n) is 4.08. The first kappa shape index (κ1) is 14.1. The van der Waals surface area contributed by atoms with Crippen LogP contribution >= 0.6 is 11.3 Å². The fraction of sp³-hybridized carbons (Fsp3) is 0.333. The topological polar surface area (TPSA) is 68.5 Å². The molecule has 19 heavy (non-hydrogen) atoms. The fourth-order valence-electron chi connectivity index (χ4n) is 1.72. The number of nitrogens with one attached hydrogen (secondary N) is 1. The Bertz CT molecular complexity index is 616. The third-order valence-corrected chi connectivity index (χ3v) is 5.54. The van der Waals surface area contributed by atoms with E-state index in [4.69, 9.17) is 9.15 Å². The number of hydrogen-bond acceptors (Lipinski definition) is 5. The van der Waals surface area contributed by atoms with Gasteiger partial charge in [0.1, 0.15) is 11.5 Å². The molecule has 0 saturated heterocycles. The Balaban J connectivity index is 2.09. The SMILES string of the molecule is COc1ccsc1S(=O)(=O)N[C@H](C)Cc1ccco1. The summed E-state index contributed by atoms with van der Waals surface area (Å²) in [6, 6.07) is 4.97. The minimum atomic E-state index is -3.56. The van der Waals surface area contributed by atoms with Gasteiger partial charge in [-0.05, 0) is 30.5 Å². The molecule has 2 heterocycles. The quantitative estimate of drug-likeness (QED) is 0.888. The molecular weight excluding hydrogens is 286 g/mol. The molecule has 0 saturated carbocycles. The molecule has 7 heteroatoms. The van der Waals surface area contributed by atoms with Gasteiger partial charge in [-0.25, -0.2) is 13.1 Å². The van der Waals surface area contributed by atoms with E-state index in [1.54, 1.807) is 30.7 Å². The summed E-state index contributed by atoms with van der Waals surface area (Å²) < 4.78 is 37.4. The summed E-state index contributed by atoms with van der Waals surface area (Å²) in [7, 11) is -2.11. The molecule has 0 aromatic carbocycles. The molecule has 1 N–H and O–H groups in total. The Morgan fingerprint density at radius 1 is 1.47 bits per heavy atom. The van der Waals surface area contributed by atoms with Crippen LogP contribution in [0, 0.1) is 0 Å². The minimum absolute atomic E-state index is 0.196. The standard InChI is InChI=1S/C12H15NO4S2/c1-9(8-10-4-3-6-17-10)13-19(14,15)12-11(16-2)5-7-18-12/h3-7,9,13H,8H2,1-2H3/t9-/m1/s1. The van der Waals surface area contributed by atoms with Crippen molar-refractivity contribution in [3.8, 4) is 5.75 Å². The van der Waals surface area contributed by atoms with Gasteiger partial charge in [-0.3, -0.25) is 0 Å². The van der Waals surface area contributed by atoms with E-state index in [1.807, 2.05) is 6.07 Å². The molecule has 0 amide bonds. The first-order chi connectivity index (χ1) is 9.03. The summed E-state index contributed by atoms with van der Waals surface area (Å²) in [5.74, 6) is 1.11. The summed E-state index contributed by atoms with van der Waals surface area (Å²) in [4.78, 5) is 0. The largest absolute Gasteiger partial charge is 0.494 e. The molecular formula is C12H15NO4S2. The predicted octanol–water partition coefficient (Wildman–Crippen LogP) is 2.26. The number of ether oxygens (including phenoxy) is 1. The van der Waals surface area contributed by atoms with Crippen LogP contribution in [0.25, 0.3) is 0 Å². The van der Waals surface area contributed by atoms with Gasteiger partial charge in [-0.1, -0.05) is 0 Å². The van der Waals surface area contributed by atoms with Gasteiger partial charge in [0.05, 0.1) is 13.4 Å². The summed E-state index contributed by atoms with van der Waals surface area (Å²) in [5, 5.41) is 1.69. The molecule has 0 spiro atoms. The van der Waals surface area contributed by atoms with E-state index in [-0.39, 0.29) is 10.3 Å². The number of sulfonamides is 1. The van der Waals surface area contributed by atoms with Gasteiger partial charge in [0.2, 0.25) is 0 Å². The van der Waals surface area contributed by atoms with Crippen LogP contribution in [-0.4, -0.2) is 21.6 Å². The molecule has 2 aromatic heterocycles. The first-order valence-electron chi connectivity index (χ1n) is 5.69. The highest BCUT2D eigenvalue weighted by atomic mass is 32.2. The monoisotopic (exact) mass is 301 g/mol. The van der Waals surface area contributed by atoms with Crippen molar-refractivity contribution >= 4 is 21.4 Å². The number of rotatable bonds is 6. The van der Waals surface area contributed by atoms with Crippen LogP contribution in [0.15, 0.2) is 38.5 Å². The highest BCUT2D eigenvalue weighted by Gasteiger charge is 2.23. The Morgan fingerprint density at radius 2 is 2.26 bits per heavy atom. The van der Waals surface area contributed by atoms with Gasteiger partial charge in [-0.15, -0.1) is 11.3 Å². The van der Waals surface area contributed by atoms with Crippen LogP contribution < -0.4 is 9.46 Å². The summed E-state index contributed by atoms with van der Waals surface area (Å²) in [5.41, 5.74) is 0. The number of thiophene rings is 1. The molecule has 0 aliphatic carbocycles. The van der Waals surface area contributed by atoms with Crippen molar-refractivity contribution in [2.75, 3.05) is 7.11 Å². The smallest absolute Gasteiger partial charge is 0.254 e. The first-order valence-corrected chi connectivity index (χ1v) is 8.05. The van der Waals surface area contributed by atoms with E-state index in [2.05, 4.69) is 4.72 Å². The van der Waals surface area contributed by atoms with Gasteiger partial charge < -0.3 is 9.15 Å². The van der Waals surface area contributed by atoms with Gasteiger partial charge in [0.15, 0.2) is 4.21 Å². The number of furan rings is 1. The molecule has 0 fully saturated rings. The predicted molar refractivity (Wildman–Crippen MR) is 73.1 cm³/mol. The lowest BCUT2D eigenvalue weighted by atomic mass is 10.2. The lowest BCUT2D eigenvalue weighted by molar-refractivity contribution is 0.406. The Kier molecular flexibility index (Phi) is 4.28. The van der Waals surface area contributed by atoms with E-state index < -0.39 is 10.0 Å². The third-order valence-electron chi connectivity index (χ3n) is 2.50. The van der Waals surface area contributed by atoms with Gasteiger partial charge in [-0.2, -0.15) is 0 Å². The second-order valence-corrected chi connectivity index (χ2v) is 6.91. The average molecular weight is 301 g/mol. The van der Waals surface area contributed by atoms with Crippen molar-refractivity contribution in [3.05, 3.63) is 35.6 Å². The molecule has 0 radical (unpaired) electrons. The second kappa shape index (κ2) is 5.77. The lowest BCUT2D eigenvalue weighted by Gasteiger charge is -2.12. The molecule has 2 aromatic rings. The van der Waals surface area contributed by atoms with E-state index in [0.717, 1.165) is 17.1 Å². The zero-order chi connectivity index (χ0) is 13.9. The Labute approximate surface area is 116 Å². The molecule has 104 valence electrons. The molecule has 0 aliphatic heterocycles. The molecule has 1 atom stereocenters. The lowest BCUT2D eigenvalue weighted by Crippen LogP contribution is -2.33. The van der Waals surface area contributed by atoms with Crippen molar-refractivity contribution < 1.29 is 17.6 Å². The highest BCUT2D eigenvalue weighted by Crippen LogP contribution is 2.29. The molecule has 5 nitrogen and oxygen atoms in total. The highest BCUT2D eigenvalue weighted by molar-refractivity contribution is 7.91. The fourth-order valence-corrected chi connectivity index (χ4v) is 4.26. The van der Waals surface area contributed by atoms with Crippen LogP contribution in [0.4, 0.5) is 0 Å². The van der Waals surface area contributed by atoms with Crippen molar-refractivity contribution in [2.24, 2.45) is 0 Å².